The molecule has 4 aromatic rings. The zero-order valence-corrected chi connectivity index (χ0v) is 12.9. The first kappa shape index (κ1) is 14.8. The molecule has 0 radical (unpaired) electrons. The Hall–Kier alpha value is -3.75. The van der Waals surface area contributed by atoms with Crippen molar-refractivity contribution in [3.05, 3.63) is 60.0 Å². The van der Waals surface area contributed by atoms with Gasteiger partial charge in [-0.15, -0.1) is 10.2 Å². The first-order valence-electron chi connectivity index (χ1n) is 7.48. The molecule has 9 nitrogen and oxygen atoms in total. The van der Waals surface area contributed by atoms with Gasteiger partial charge in [0.05, 0.1) is 17.3 Å². The number of rotatable bonds is 5. The number of tetrazole rings is 1. The van der Waals surface area contributed by atoms with Crippen LogP contribution in [0, 0.1) is 0 Å². The molecule has 124 valence electrons. The van der Waals surface area contributed by atoms with Crippen LogP contribution in [-0.2, 0) is 6.61 Å². The van der Waals surface area contributed by atoms with E-state index < -0.39 is 0 Å². The van der Waals surface area contributed by atoms with E-state index in [1.807, 2.05) is 6.07 Å². The SMILES string of the molecule is O=C(Nc1cccc(OCc2nn[nH]n2)c1)c1cccc2[nH]ncc12. The number of anilines is 1. The van der Waals surface area contributed by atoms with E-state index in [4.69, 9.17) is 4.74 Å². The minimum Gasteiger partial charge on any atom is -0.485 e. The number of aromatic amines is 2. The van der Waals surface area contributed by atoms with Crippen molar-refractivity contribution in [2.45, 2.75) is 6.61 Å². The van der Waals surface area contributed by atoms with Crippen LogP contribution in [0.4, 0.5) is 5.69 Å². The van der Waals surface area contributed by atoms with Crippen molar-refractivity contribution in [2.24, 2.45) is 0 Å². The van der Waals surface area contributed by atoms with Crippen LogP contribution < -0.4 is 10.1 Å². The molecule has 4 rings (SSSR count). The summed E-state index contributed by atoms with van der Waals surface area (Å²) >= 11 is 0. The predicted molar refractivity (Wildman–Crippen MR) is 89.0 cm³/mol. The number of nitrogens with one attached hydrogen (secondary N) is 3. The van der Waals surface area contributed by atoms with E-state index in [2.05, 4.69) is 36.1 Å². The maximum Gasteiger partial charge on any atom is 0.256 e. The number of carbonyl (C=O) groups is 1. The molecular weight excluding hydrogens is 322 g/mol. The van der Waals surface area contributed by atoms with Gasteiger partial charge in [-0.3, -0.25) is 9.89 Å². The molecule has 1 amide bonds. The van der Waals surface area contributed by atoms with Gasteiger partial charge in [0, 0.05) is 17.1 Å². The molecule has 0 aliphatic heterocycles. The summed E-state index contributed by atoms with van der Waals surface area (Å²) in [6, 6.07) is 12.5. The van der Waals surface area contributed by atoms with Crippen molar-refractivity contribution >= 4 is 22.5 Å². The van der Waals surface area contributed by atoms with Crippen LogP contribution >= 0.6 is 0 Å². The highest BCUT2D eigenvalue weighted by Gasteiger charge is 2.11. The van der Waals surface area contributed by atoms with Crippen molar-refractivity contribution in [1.82, 2.24) is 30.8 Å². The second-order valence-corrected chi connectivity index (χ2v) is 5.24. The second kappa shape index (κ2) is 6.40. The summed E-state index contributed by atoms with van der Waals surface area (Å²) in [6.07, 6.45) is 1.63. The fraction of sp³-hybridized carbons (Fsp3) is 0.0625. The Kier molecular flexibility index (Phi) is 3.79. The Balaban J connectivity index is 1.49. The molecule has 0 atom stereocenters. The monoisotopic (exact) mass is 335 g/mol. The van der Waals surface area contributed by atoms with Crippen LogP contribution in [0.25, 0.3) is 10.9 Å². The highest BCUT2D eigenvalue weighted by molar-refractivity contribution is 6.12. The number of ether oxygens (including phenoxy) is 1. The minimum atomic E-state index is -0.220. The molecule has 25 heavy (non-hydrogen) atoms. The van der Waals surface area contributed by atoms with Crippen molar-refractivity contribution < 1.29 is 9.53 Å². The summed E-state index contributed by atoms with van der Waals surface area (Å²) in [6.45, 7) is 0.183. The molecule has 9 heteroatoms. The molecule has 3 N–H and O–H groups in total. The summed E-state index contributed by atoms with van der Waals surface area (Å²) in [5, 5.41) is 23.9. The summed E-state index contributed by atoms with van der Waals surface area (Å²) in [5.41, 5.74) is 1.98. The molecule has 2 aromatic carbocycles. The van der Waals surface area contributed by atoms with E-state index in [0.717, 1.165) is 10.9 Å². The third kappa shape index (κ3) is 3.15. The molecule has 0 fully saturated rings. The zero-order valence-electron chi connectivity index (χ0n) is 12.9. The van der Waals surface area contributed by atoms with Crippen LogP contribution in [0.3, 0.4) is 0 Å². The van der Waals surface area contributed by atoms with Gasteiger partial charge in [-0.1, -0.05) is 17.3 Å². The number of amides is 1. The van der Waals surface area contributed by atoms with Crippen molar-refractivity contribution in [2.75, 3.05) is 5.32 Å². The maximum atomic E-state index is 12.6. The molecule has 0 bridgehead atoms. The van der Waals surface area contributed by atoms with Crippen LogP contribution in [0.1, 0.15) is 16.2 Å². The molecule has 0 aliphatic rings. The van der Waals surface area contributed by atoms with Gasteiger partial charge in [0.2, 0.25) is 5.82 Å². The zero-order chi connectivity index (χ0) is 17.1. The quantitative estimate of drug-likeness (QED) is 0.512. The van der Waals surface area contributed by atoms with Gasteiger partial charge in [0.1, 0.15) is 5.75 Å². The number of hydrogen-bond acceptors (Lipinski definition) is 6. The Labute approximate surface area is 141 Å². The summed E-state index contributed by atoms with van der Waals surface area (Å²) in [4.78, 5) is 12.6. The average Bonchev–Trinajstić information content (AvgIpc) is 3.31. The van der Waals surface area contributed by atoms with Crippen molar-refractivity contribution in [3.63, 3.8) is 0 Å². The maximum absolute atomic E-state index is 12.6. The number of carbonyl (C=O) groups excluding carboxylic acids is 1. The molecular formula is C16H13N7O2. The highest BCUT2D eigenvalue weighted by atomic mass is 16.5. The molecule has 0 unspecified atom stereocenters. The standard InChI is InChI=1S/C16H13N7O2/c24-16(12-5-2-6-14-13(12)8-17-19-14)18-10-3-1-4-11(7-10)25-9-15-20-22-23-21-15/h1-8H,9H2,(H,17,19)(H,18,24)(H,20,21,22,23). The molecule has 2 heterocycles. The van der Waals surface area contributed by atoms with Gasteiger partial charge in [-0.2, -0.15) is 10.3 Å². The Morgan fingerprint density at radius 3 is 3.00 bits per heavy atom. The number of fused-ring (bicyclic) bond motifs is 1. The van der Waals surface area contributed by atoms with Crippen LogP contribution in [0.2, 0.25) is 0 Å². The topological polar surface area (TPSA) is 121 Å². The van der Waals surface area contributed by atoms with Gasteiger partial charge in [0.25, 0.3) is 5.91 Å². The lowest BCUT2D eigenvalue weighted by atomic mass is 10.1. The lowest BCUT2D eigenvalue weighted by Gasteiger charge is -2.08. The molecule has 2 aromatic heterocycles. The highest BCUT2D eigenvalue weighted by Crippen LogP contribution is 2.21. The third-order valence-corrected chi connectivity index (χ3v) is 3.58. The Morgan fingerprint density at radius 1 is 1.20 bits per heavy atom. The predicted octanol–water partition coefficient (Wildman–Crippen LogP) is 1.91. The van der Waals surface area contributed by atoms with Gasteiger partial charge >= 0.3 is 0 Å². The fourth-order valence-corrected chi connectivity index (χ4v) is 2.42. The van der Waals surface area contributed by atoms with E-state index in [1.165, 1.54) is 0 Å². The van der Waals surface area contributed by atoms with Crippen molar-refractivity contribution in [1.29, 1.82) is 0 Å². The first-order valence-corrected chi connectivity index (χ1v) is 7.48. The summed E-state index contributed by atoms with van der Waals surface area (Å²) < 4.78 is 5.58. The van der Waals surface area contributed by atoms with Gasteiger partial charge in [-0.05, 0) is 24.3 Å². The number of H-pyrrole nitrogens is 2. The fourth-order valence-electron chi connectivity index (χ4n) is 2.42. The second-order valence-electron chi connectivity index (χ2n) is 5.24. The van der Waals surface area contributed by atoms with Crippen LogP contribution in [-0.4, -0.2) is 36.7 Å². The van der Waals surface area contributed by atoms with E-state index in [0.29, 0.717) is 22.8 Å². The van der Waals surface area contributed by atoms with Crippen molar-refractivity contribution in [3.8, 4) is 5.75 Å². The Morgan fingerprint density at radius 2 is 2.12 bits per heavy atom. The van der Waals surface area contributed by atoms with E-state index in [-0.39, 0.29) is 12.5 Å². The lowest BCUT2D eigenvalue weighted by molar-refractivity contribution is 0.102. The molecule has 0 spiro atoms. The normalized spacial score (nSPS) is 10.7. The largest absolute Gasteiger partial charge is 0.485 e. The number of benzene rings is 2. The summed E-state index contributed by atoms with van der Waals surface area (Å²) in [5.74, 6) is 0.813. The number of hydrogen-bond donors (Lipinski definition) is 3. The first-order chi connectivity index (χ1) is 12.3. The van der Waals surface area contributed by atoms with Gasteiger partial charge in [0.15, 0.2) is 6.61 Å². The third-order valence-electron chi connectivity index (χ3n) is 3.58. The number of aromatic nitrogens is 6. The Bertz CT molecular complexity index is 1010. The smallest absolute Gasteiger partial charge is 0.256 e. The minimum absolute atomic E-state index is 0.183. The van der Waals surface area contributed by atoms with Gasteiger partial charge < -0.3 is 10.1 Å². The van der Waals surface area contributed by atoms with Crippen LogP contribution in [0.15, 0.2) is 48.7 Å². The molecule has 0 saturated carbocycles. The number of nitrogens with zero attached hydrogens (tertiary/aromatic N) is 4. The van der Waals surface area contributed by atoms with E-state index >= 15 is 0 Å². The van der Waals surface area contributed by atoms with E-state index in [1.54, 1.807) is 42.6 Å². The lowest BCUT2D eigenvalue weighted by Crippen LogP contribution is -2.12. The van der Waals surface area contributed by atoms with Crippen LogP contribution in [0.5, 0.6) is 5.75 Å². The summed E-state index contributed by atoms with van der Waals surface area (Å²) in [7, 11) is 0. The molecule has 0 aliphatic carbocycles. The molecule has 0 saturated heterocycles. The average molecular weight is 335 g/mol. The van der Waals surface area contributed by atoms with E-state index in [9.17, 15) is 4.79 Å². The van der Waals surface area contributed by atoms with Gasteiger partial charge in [-0.25, -0.2) is 0 Å².